The number of benzene rings is 1. The lowest BCUT2D eigenvalue weighted by Gasteiger charge is -2.19. The van der Waals surface area contributed by atoms with Crippen LogP contribution in [0.25, 0.3) is 11.4 Å². The first kappa shape index (κ1) is 22.1. The molecule has 1 fully saturated rings. The summed E-state index contributed by atoms with van der Waals surface area (Å²) in [4.78, 5) is 18.6. The molecule has 1 aliphatic rings. The minimum atomic E-state index is -4.74. The van der Waals surface area contributed by atoms with Crippen molar-refractivity contribution in [3.05, 3.63) is 30.2 Å². The maximum atomic E-state index is 12.3. The minimum absolute atomic E-state index is 0.00827. The average Bonchev–Trinajstić information content (AvgIpc) is 3.19. The first-order valence-electron chi connectivity index (χ1n) is 9.59. The monoisotopic (exact) mass is 426 g/mol. The number of aromatic nitrogens is 2. The van der Waals surface area contributed by atoms with E-state index in [2.05, 4.69) is 20.2 Å². The van der Waals surface area contributed by atoms with E-state index in [0.717, 1.165) is 0 Å². The van der Waals surface area contributed by atoms with E-state index in [9.17, 15) is 18.0 Å². The number of carbonyl (C=O) groups is 1. The van der Waals surface area contributed by atoms with Crippen LogP contribution in [0.1, 0.15) is 45.5 Å². The number of halogens is 3. The Morgan fingerprint density at radius 2 is 1.93 bits per heavy atom. The second-order valence-corrected chi connectivity index (χ2v) is 8.72. The van der Waals surface area contributed by atoms with Crippen LogP contribution in [0, 0.1) is 5.41 Å². The molecule has 30 heavy (non-hydrogen) atoms. The molecule has 0 aliphatic carbocycles. The number of hydrogen-bond donors (Lipinski definition) is 1. The fraction of sp³-hybridized carbons (Fsp3) is 0.550. The van der Waals surface area contributed by atoms with Gasteiger partial charge < -0.3 is 14.6 Å². The van der Waals surface area contributed by atoms with Gasteiger partial charge in [0, 0.05) is 24.6 Å². The van der Waals surface area contributed by atoms with Crippen molar-refractivity contribution in [1.82, 2.24) is 20.4 Å². The zero-order valence-electron chi connectivity index (χ0n) is 17.3. The highest BCUT2D eigenvalue weighted by Gasteiger charge is 2.35. The number of likely N-dealkylation sites (N-methyl/N-ethyl adjacent to an activating group) is 1. The molecular formula is C20H25F3N4O3. The molecule has 2 unspecified atom stereocenters. The molecule has 1 saturated heterocycles. The molecule has 2 heterocycles. The van der Waals surface area contributed by atoms with Crippen molar-refractivity contribution in [3.8, 4) is 17.1 Å². The highest BCUT2D eigenvalue weighted by atomic mass is 19.4. The van der Waals surface area contributed by atoms with Crippen LogP contribution >= 0.6 is 0 Å². The van der Waals surface area contributed by atoms with E-state index in [1.165, 1.54) is 24.3 Å². The van der Waals surface area contributed by atoms with Gasteiger partial charge in [0.05, 0.1) is 6.04 Å². The highest BCUT2D eigenvalue weighted by Crippen LogP contribution is 2.32. The van der Waals surface area contributed by atoms with Crippen LogP contribution in [0.5, 0.6) is 5.75 Å². The van der Waals surface area contributed by atoms with Crippen LogP contribution in [0.4, 0.5) is 13.2 Å². The van der Waals surface area contributed by atoms with Crippen molar-refractivity contribution in [1.29, 1.82) is 0 Å². The molecule has 7 nitrogen and oxygen atoms in total. The summed E-state index contributed by atoms with van der Waals surface area (Å²) in [6.07, 6.45) is -3.67. The predicted octanol–water partition coefficient (Wildman–Crippen LogP) is 3.93. The Balaban J connectivity index is 1.64. The molecule has 1 amide bonds. The van der Waals surface area contributed by atoms with E-state index in [1.807, 2.05) is 32.7 Å². The smallest absolute Gasteiger partial charge is 0.406 e. The summed E-state index contributed by atoms with van der Waals surface area (Å²) in [6, 6.07) is 5.08. The van der Waals surface area contributed by atoms with Gasteiger partial charge in [-0.05, 0) is 43.1 Å². The third-order valence-electron chi connectivity index (χ3n) is 4.68. The van der Waals surface area contributed by atoms with Crippen LogP contribution < -0.4 is 10.1 Å². The second-order valence-electron chi connectivity index (χ2n) is 8.72. The Kier molecular flexibility index (Phi) is 6.07. The van der Waals surface area contributed by atoms with Gasteiger partial charge in [-0.3, -0.25) is 9.69 Å². The zero-order valence-corrected chi connectivity index (χ0v) is 17.3. The fourth-order valence-corrected chi connectivity index (χ4v) is 3.45. The summed E-state index contributed by atoms with van der Waals surface area (Å²) in [7, 11) is 1.91. The van der Waals surface area contributed by atoms with Gasteiger partial charge in [0.2, 0.25) is 17.6 Å². The summed E-state index contributed by atoms with van der Waals surface area (Å²) in [5, 5.41) is 6.99. The average molecular weight is 426 g/mol. The van der Waals surface area contributed by atoms with Crippen LogP contribution in [0.2, 0.25) is 0 Å². The lowest BCUT2D eigenvalue weighted by molar-refractivity contribution is -0.274. The van der Waals surface area contributed by atoms with E-state index in [4.69, 9.17) is 4.52 Å². The maximum Gasteiger partial charge on any atom is 0.573 e. The van der Waals surface area contributed by atoms with Crippen molar-refractivity contribution in [2.24, 2.45) is 5.41 Å². The van der Waals surface area contributed by atoms with Crippen LogP contribution in [-0.4, -0.2) is 46.9 Å². The van der Waals surface area contributed by atoms with Crippen molar-refractivity contribution in [2.75, 3.05) is 13.6 Å². The molecule has 1 N–H and O–H groups in total. The molecule has 2 atom stereocenters. The number of hydrogen-bond acceptors (Lipinski definition) is 6. The Hall–Kier alpha value is -2.62. The van der Waals surface area contributed by atoms with Crippen LogP contribution in [0.3, 0.4) is 0 Å². The van der Waals surface area contributed by atoms with Crippen molar-refractivity contribution in [3.63, 3.8) is 0 Å². The summed E-state index contributed by atoms with van der Waals surface area (Å²) in [6.45, 7) is 6.69. The van der Waals surface area contributed by atoms with Crippen molar-refractivity contribution in [2.45, 2.75) is 52.1 Å². The molecule has 3 rings (SSSR count). The Labute approximate surface area is 172 Å². The molecule has 2 aromatic rings. The third kappa shape index (κ3) is 5.94. The van der Waals surface area contributed by atoms with Gasteiger partial charge >= 0.3 is 6.36 Å². The van der Waals surface area contributed by atoms with Gasteiger partial charge in [0.25, 0.3) is 0 Å². The first-order valence-corrected chi connectivity index (χ1v) is 9.59. The van der Waals surface area contributed by atoms with Gasteiger partial charge in [0.15, 0.2) is 0 Å². The van der Waals surface area contributed by atoms with Gasteiger partial charge in [-0.1, -0.05) is 25.9 Å². The van der Waals surface area contributed by atoms with Crippen molar-refractivity contribution < 1.29 is 27.2 Å². The molecule has 0 bridgehead atoms. The summed E-state index contributed by atoms with van der Waals surface area (Å²) in [5.41, 5.74) is 0.422. The Morgan fingerprint density at radius 3 is 2.53 bits per heavy atom. The third-order valence-corrected chi connectivity index (χ3v) is 4.68. The SMILES string of the molecule is CN1CC(NC(=O)CC(C)(C)C)CC1c1nc(-c2ccc(OC(F)(F)F)cc2)no1. The number of alkyl halides is 3. The molecule has 164 valence electrons. The molecule has 0 radical (unpaired) electrons. The minimum Gasteiger partial charge on any atom is -0.406 e. The van der Waals surface area contributed by atoms with Gasteiger partial charge in [-0.2, -0.15) is 4.98 Å². The van der Waals surface area contributed by atoms with Crippen molar-refractivity contribution >= 4 is 5.91 Å². The summed E-state index contributed by atoms with van der Waals surface area (Å²) < 4.78 is 46.1. The summed E-state index contributed by atoms with van der Waals surface area (Å²) >= 11 is 0. The van der Waals surface area contributed by atoms with Gasteiger partial charge in [-0.25, -0.2) is 0 Å². The lowest BCUT2D eigenvalue weighted by atomic mass is 9.92. The lowest BCUT2D eigenvalue weighted by Crippen LogP contribution is -2.38. The molecule has 1 aromatic carbocycles. The van der Waals surface area contributed by atoms with Gasteiger partial charge in [0.1, 0.15) is 5.75 Å². The second kappa shape index (κ2) is 8.25. The molecule has 1 aromatic heterocycles. The molecule has 0 spiro atoms. The number of rotatable bonds is 5. The van der Waals surface area contributed by atoms with Crippen LogP contribution in [-0.2, 0) is 4.79 Å². The molecule has 10 heteroatoms. The van der Waals surface area contributed by atoms with E-state index < -0.39 is 6.36 Å². The molecule has 0 saturated carbocycles. The Bertz CT molecular complexity index is 875. The standard InChI is InChI=1S/C20H25F3N4O3/c1-19(2,3)10-16(28)24-13-9-15(27(4)11-13)18-25-17(26-30-18)12-5-7-14(8-6-12)29-20(21,22)23/h5-8,13,15H,9-11H2,1-4H3,(H,24,28). The Morgan fingerprint density at radius 1 is 1.27 bits per heavy atom. The fourth-order valence-electron chi connectivity index (χ4n) is 3.45. The van der Waals surface area contributed by atoms with E-state index in [1.54, 1.807) is 0 Å². The quantitative estimate of drug-likeness (QED) is 0.780. The number of likely N-dealkylation sites (tertiary alicyclic amines) is 1. The number of ether oxygens (including phenoxy) is 1. The molecule has 1 aliphatic heterocycles. The van der Waals surface area contributed by atoms with Gasteiger partial charge in [-0.15, -0.1) is 13.2 Å². The number of amides is 1. The first-order chi connectivity index (χ1) is 13.9. The van der Waals surface area contributed by atoms with E-state index in [0.29, 0.717) is 30.8 Å². The normalized spacial score (nSPS) is 20.4. The predicted molar refractivity (Wildman–Crippen MR) is 102 cm³/mol. The molecular weight excluding hydrogens is 401 g/mol. The largest absolute Gasteiger partial charge is 0.573 e. The number of carbonyl (C=O) groups excluding carboxylic acids is 1. The van der Waals surface area contributed by atoms with Crippen LogP contribution in [0.15, 0.2) is 28.8 Å². The number of nitrogens with one attached hydrogen (secondary N) is 1. The highest BCUT2D eigenvalue weighted by molar-refractivity contribution is 5.77. The zero-order chi connectivity index (χ0) is 22.1. The topological polar surface area (TPSA) is 80.5 Å². The summed E-state index contributed by atoms with van der Waals surface area (Å²) in [5.74, 6) is 0.362. The number of nitrogens with zero attached hydrogens (tertiary/aromatic N) is 3. The van der Waals surface area contributed by atoms with E-state index in [-0.39, 0.29) is 35.0 Å². The maximum absolute atomic E-state index is 12.3. The van der Waals surface area contributed by atoms with E-state index >= 15 is 0 Å².